The molecule has 1 aromatic rings. The van der Waals surface area contributed by atoms with Crippen LogP contribution in [0.15, 0.2) is 17.2 Å². The molecule has 18 heavy (non-hydrogen) atoms. The zero-order valence-corrected chi connectivity index (χ0v) is 12.2. The summed E-state index contributed by atoms with van der Waals surface area (Å²) >= 11 is 0. The Balaban J connectivity index is 2.74. The minimum absolute atomic E-state index is 0.0861. The Morgan fingerprint density at radius 1 is 1.61 bits per heavy atom. The van der Waals surface area contributed by atoms with Crippen LogP contribution < -0.4 is 5.32 Å². The van der Waals surface area contributed by atoms with Gasteiger partial charge in [-0.2, -0.15) is 0 Å². The summed E-state index contributed by atoms with van der Waals surface area (Å²) in [6.45, 7) is 1.71. The van der Waals surface area contributed by atoms with Gasteiger partial charge in [0.15, 0.2) is 0 Å². The lowest BCUT2D eigenvalue weighted by Crippen LogP contribution is -2.36. The van der Waals surface area contributed by atoms with Gasteiger partial charge in [0, 0.05) is 45.7 Å². The summed E-state index contributed by atoms with van der Waals surface area (Å²) in [6.07, 6.45) is 2.68. The Kier molecular flexibility index (Phi) is 4.94. The molecule has 1 amide bonds. The van der Waals surface area contributed by atoms with E-state index in [0.29, 0.717) is 5.75 Å². The maximum atomic E-state index is 11.7. The third-order valence-electron chi connectivity index (χ3n) is 2.04. The first-order valence-corrected chi connectivity index (χ1v) is 8.97. The second kappa shape index (κ2) is 5.85. The third-order valence-corrected chi connectivity index (χ3v) is 4.35. The number of hydrogen-bond donors (Lipinski definition) is 2. The van der Waals surface area contributed by atoms with Gasteiger partial charge in [-0.25, -0.2) is 8.42 Å². The zero-order chi connectivity index (χ0) is 13.9. The summed E-state index contributed by atoms with van der Waals surface area (Å²) in [5.41, 5.74) is 0.0861. The minimum Gasteiger partial charge on any atom is -0.356 e. The molecule has 2 N–H and O–H groups in total. The topological polar surface area (TPSA) is 96.1 Å². The Labute approximate surface area is 112 Å². The van der Waals surface area contributed by atoms with Crippen LogP contribution in [0, 0.1) is 0 Å². The molecule has 1 aromatic heterocycles. The molecule has 0 radical (unpaired) electrons. The van der Waals surface area contributed by atoms with Crippen molar-refractivity contribution < 1.29 is 17.4 Å². The molecule has 1 heterocycles. The van der Waals surface area contributed by atoms with E-state index in [1.165, 1.54) is 6.26 Å². The van der Waals surface area contributed by atoms with E-state index < -0.39 is 25.8 Å². The van der Waals surface area contributed by atoms with Crippen LogP contribution >= 0.6 is 10.7 Å². The lowest BCUT2D eigenvalue weighted by molar-refractivity contribution is 0.0939. The highest BCUT2D eigenvalue weighted by Crippen LogP contribution is 2.15. The van der Waals surface area contributed by atoms with Crippen LogP contribution in [-0.2, 0) is 19.9 Å². The summed E-state index contributed by atoms with van der Waals surface area (Å²) in [5, 5.41) is 2.59. The molecule has 0 saturated carbocycles. The summed E-state index contributed by atoms with van der Waals surface area (Å²) in [6, 6.07) is 0.871. The highest BCUT2D eigenvalue weighted by molar-refractivity contribution is 8.13. The van der Waals surface area contributed by atoms with Gasteiger partial charge in [0.05, 0.1) is 0 Å². The number of H-pyrrole nitrogens is 1. The molecule has 0 fully saturated rings. The van der Waals surface area contributed by atoms with Crippen LogP contribution in [0.2, 0.25) is 0 Å². The van der Waals surface area contributed by atoms with Gasteiger partial charge in [-0.05, 0) is 13.0 Å². The summed E-state index contributed by atoms with van der Waals surface area (Å²) in [4.78, 5) is 14.1. The van der Waals surface area contributed by atoms with E-state index in [2.05, 4.69) is 10.3 Å². The van der Waals surface area contributed by atoms with Crippen LogP contribution in [0.1, 0.15) is 17.4 Å². The van der Waals surface area contributed by atoms with E-state index in [0.717, 1.165) is 12.3 Å². The van der Waals surface area contributed by atoms with E-state index in [4.69, 9.17) is 10.7 Å². The molecule has 2 unspecified atom stereocenters. The van der Waals surface area contributed by atoms with Crippen LogP contribution in [-0.4, -0.2) is 41.6 Å². The average Bonchev–Trinajstić information content (AvgIpc) is 2.63. The molecule has 0 saturated heterocycles. The molecule has 0 aliphatic heterocycles. The molecule has 2 atom stereocenters. The number of aromatic nitrogens is 1. The van der Waals surface area contributed by atoms with Gasteiger partial charge < -0.3 is 10.3 Å². The number of halogens is 1. The lowest BCUT2D eigenvalue weighted by atomic mass is 10.3. The van der Waals surface area contributed by atoms with Crippen LogP contribution in [0.25, 0.3) is 0 Å². The van der Waals surface area contributed by atoms with Gasteiger partial charge in [-0.3, -0.25) is 9.00 Å². The van der Waals surface area contributed by atoms with E-state index in [1.807, 2.05) is 0 Å². The first kappa shape index (κ1) is 15.2. The quantitative estimate of drug-likeness (QED) is 0.771. The van der Waals surface area contributed by atoms with Gasteiger partial charge in [-0.1, -0.05) is 0 Å². The molecule has 0 aromatic carbocycles. The maximum absolute atomic E-state index is 11.7. The monoisotopic (exact) mass is 312 g/mol. The second-order valence-electron chi connectivity index (χ2n) is 3.80. The summed E-state index contributed by atoms with van der Waals surface area (Å²) in [7, 11) is 0.262. The molecule has 0 bridgehead atoms. The zero-order valence-electron chi connectivity index (χ0n) is 9.77. The summed E-state index contributed by atoms with van der Waals surface area (Å²) < 4.78 is 33.0. The number of aromatic amines is 1. The molecule has 0 aliphatic carbocycles. The summed E-state index contributed by atoms with van der Waals surface area (Å²) in [5.74, 6) is -0.146. The normalized spacial score (nSPS) is 15.1. The van der Waals surface area contributed by atoms with Gasteiger partial charge in [0.1, 0.15) is 10.6 Å². The van der Waals surface area contributed by atoms with E-state index in [9.17, 15) is 17.4 Å². The van der Waals surface area contributed by atoms with Gasteiger partial charge in [0.2, 0.25) is 0 Å². The van der Waals surface area contributed by atoms with Crippen molar-refractivity contribution in [3.05, 3.63) is 18.0 Å². The molecule has 0 spiro atoms. The number of carbonyl (C=O) groups is 1. The van der Waals surface area contributed by atoms with Gasteiger partial charge in [-0.15, -0.1) is 0 Å². The van der Waals surface area contributed by atoms with Crippen molar-refractivity contribution in [1.29, 1.82) is 0 Å². The molecule has 6 nitrogen and oxygen atoms in total. The Bertz CT molecular complexity index is 567. The predicted molar refractivity (Wildman–Crippen MR) is 69.7 cm³/mol. The lowest BCUT2D eigenvalue weighted by Gasteiger charge is -2.11. The molecule has 0 aliphatic rings. The molecule has 1 rings (SSSR count). The molecule has 9 heteroatoms. The SMILES string of the molecule is CC(CS(C)=O)NC(=O)c1cc(S(=O)(=O)Cl)c[nH]1. The van der Waals surface area contributed by atoms with Crippen LogP contribution in [0.4, 0.5) is 0 Å². The fourth-order valence-corrected chi connectivity index (χ4v) is 2.85. The fourth-order valence-electron chi connectivity index (χ4n) is 1.34. The first-order valence-electron chi connectivity index (χ1n) is 4.94. The third kappa shape index (κ3) is 4.43. The standard InChI is InChI=1S/C9H13ClN2O4S2/c1-6(5-17(2)14)12-9(13)8-3-7(4-11-8)18(10,15)16/h3-4,6,11H,5H2,1-2H3,(H,12,13). The van der Waals surface area contributed by atoms with E-state index >= 15 is 0 Å². The predicted octanol–water partition coefficient (Wildman–Crippen LogP) is 0.439. The minimum atomic E-state index is -3.85. The van der Waals surface area contributed by atoms with Crippen molar-refractivity contribution in [3.8, 4) is 0 Å². The smallest absolute Gasteiger partial charge is 0.267 e. The van der Waals surface area contributed by atoms with Crippen molar-refractivity contribution in [3.63, 3.8) is 0 Å². The number of nitrogens with one attached hydrogen (secondary N) is 2. The molecular weight excluding hydrogens is 300 g/mol. The largest absolute Gasteiger partial charge is 0.356 e. The van der Waals surface area contributed by atoms with Crippen molar-refractivity contribution in [2.45, 2.75) is 17.9 Å². The van der Waals surface area contributed by atoms with Gasteiger partial charge in [0.25, 0.3) is 15.0 Å². The van der Waals surface area contributed by atoms with Crippen molar-refractivity contribution in [2.24, 2.45) is 0 Å². The maximum Gasteiger partial charge on any atom is 0.267 e. The van der Waals surface area contributed by atoms with E-state index in [-0.39, 0.29) is 16.6 Å². The Hall–Kier alpha value is -0.860. The molecular formula is C9H13ClN2O4S2. The Morgan fingerprint density at radius 3 is 2.67 bits per heavy atom. The van der Waals surface area contributed by atoms with Crippen molar-refractivity contribution in [2.75, 3.05) is 12.0 Å². The number of amides is 1. The van der Waals surface area contributed by atoms with Crippen LogP contribution in [0.5, 0.6) is 0 Å². The highest BCUT2D eigenvalue weighted by Gasteiger charge is 2.17. The Morgan fingerprint density at radius 2 is 2.22 bits per heavy atom. The average molecular weight is 313 g/mol. The second-order valence-corrected chi connectivity index (χ2v) is 7.85. The molecule has 102 valence electrons. The number of carbonyl (C=O) groups excluding carboxylic acids is 1. The van der Waals surface area contributed by atoms with Crippen LogP contribution in [0.3, 0.4) is 0 Å². The van der Waals surface area contributed by atoms with Crippen molar-refractivity contribution >= 4 is 36.4 Å². The first-order chi connectivity index (χ1) is 8.20. The number of hydrogen-bond acceptors (Lipinski definition) is 4. The van der Waals surface area contributed by atoms with E-state index in [1.54, 1.807) is 6.92 Å². The van der Waals surface area contributed by atoms with Crippen molar-refractivity contribution in [1.82, 2.24) is 10.3 Å². The number of rotatable bonds is 5. The van der Waals surface area contributed by atoms with Gasteiger partial charge >= 0.3 is 0 Å². The highest BCUT2D eigenvalue weighted by atomic mass is 35.7. The fraction of sp³-hybridized carbons (Fsp3) is 0.444.